The van der Waals surface area contributed by atoms with Gasteiger partial charge in [-0.25, -0.2) is 9.13 Å². The zero-order valence-electron chi connectivity index (χ0n) is 15.8. The lowest BCUT2D eigenvalue weighted by Crippen LogP contribution is -3.00. The van der Waals surface area contributed by atoms with Crippen molar-refractivity contribution in [3.63, 3.8) is 0 Å². The first-order valence-corrected chi connectivity index (χ1v) is 8.73. The molecule has 0 aliphatic heterocycles. The Morgan fingerprint density at radius 1 is 1.07 bits per heavy atom. The summed E-state index contributed by atoms with van der Waals surface area (Å²) in [5, 5.41) is 11.1. The highest BCUT2D eigenvalue weighted by atomic mass is 35.5. The topological polar surface area (TPSA) is 57.4 Å². The van der Waals surface area contributed by atoms with Crippen molar-refractivity contribution < 1.29 is 44.0 Å². The van der Waals surface area contributed by atoms with Crippen LogP contribution >= 0.6 is 0 Å². The van der Waals surface area contributed by atoms with Gasteiger partial charge in [0.1, 0.15) is 20.3 Å². The van der Waals surface area contributed by atoms with Gasteiger partial charge >= 0.3 is 0 Å². The van der Waals surface area contributed by atoms with E-state index in [2.05, 4.69) is 5.16 Å². The summed E-state index contributed by atoms with van der Waals surface area (Å²) in [5.41, 5.74) is 1.73. The van der Waals surface area contributed by atoms with Gasteiger partial charge in [-0.2, -0.15) is 0 Å². The second-order valence-corrected chi connectivity index (χ2v) is 6.44. The van der Waals surface area contributed by atoms with E-state index in [1.165, 1.54) is 25.5 Å². The van der Waals surface area contributed by atoms with Gasteiger partial charge in [0.05, 0.1) is 5.56 Å². The quantitative estimate of drug-likeness (QED) is 0.188. The molecule has 3 rings (SSSR count). The van der Waals surface area contributed by atoms with Crippen LogP contribution in [0, 0.1) is 5.92 Å². The number of hydrogen-bond donors (Lipinski definition) is 1. The highest BCUT2D eigenvalue weighted by Crippen LogP contribution is 2.26. The van der Waals surface area contributed by atoms with Gasteiger partial charge in [0.15, 0.2) is 24.4 Å². The number of carbonyl (C=O) groups excluding carboxylic acids is 1. The van der Waals surface area contributed by atoms with Crippen molar-refractivity contribution in [2.75, 3.05) is 0 Å². The molecule has 1 saturated carbocycles. The number of hydrogen-bond acceptors (Lipinski definition) is 3. The molecule has 0 aromatic carbocycles. The lowest BCUT2D eigenvalue weighted by Gasteiger charge is -2.19. The standard InChI is InChI=1S/C13H18NO.C7H8N2O.2ClH/c1-14-9-5-8-12(10-14)13(15)11-6-3-2-4-7-11;1-9-5-3-2-4-7(9)6-8-10;;/h5,8-11H,2-4,6-7H2,1H3;2-6H,1H3;2*1H/q+1;;;/p-1. The summed E-state index contributed by atoms with van der Waals surface area (Å²) in [6, 6.07) is 9.53. The fourth-order valence-electron chi connectivity index (χ4n) is 3.06. The number of oxime groups is 1. The number of aromatic nitrogens is 2. The van der Waals surface area contributed by atoms with Crippen LogP contribution in [0.3, 0.4) is 0 Å². The minimum atomic E-state index is 0. The highest BCUT2D eigenvalue weighted by molar-refractivity contribution is 5.97. The fraction of sp³-hybridized carbons (Fsp3) is 0.400. The number of Topliss-reactive ketones (excluding diaryl/α,β-unsaturated/α-hetero) is 1. The highest BCUT2D eigenvalue weighted by Gasteiger charge is 2.23. The molecule has 1 N–H and O–H groups in total. The van der Waals surface area contributed by atoms with Crippen LogP contribution in [0.5, 0.6) is 0 Å². The second-order valence-electron chi connectivity index (χ2n) is 6.44. The van der Waals surface area contributed by atoms with Gasteiger partial charge in [0.25, 0.3) is 0 Å². The predicted octanol–water partition coefficient (Wildman–Crippen LogP) is -3.40. The maximum Gasteiger partial charge on any atom is 0.226 e. The van der Waals surface area contributed by atoms with E-state index >= 15 is 0 Å². The van der Waals surface area contributed by atoms with Crippen LogP contribution in [0.25, 0.3) is 0 Å². The molecular formula is C20H27Cl2N3O2. The predicted molar refractivity (Wildman–Crippen MR) is 95.5 cm³/mol. The summed E-state index contributed by atoms with van der Waals surface area (Å²) in [7, 11) is 3.84. The molecule has 0 unspecified atom stereocenters. The number of ketones is 1. The van der Waals surface area contributed by atoms with Crippen molar-refractivity contribution in [2.45, 2.75) is 32.1 Å². The minimum absolute atomic E-state index is 0. The van der Waals surface area contributed by atoms with E-state index in [1.54, 1.807) is 0 Å². The Balaban J connectivity index is 0.000000500. The number of pyridine rings is 2. The molecule has 0 bridgehead atoms. The van der Waals surface area contributed by atoms with Gasteiger partial charge < -0.3 is 30.0 Å². The van der Waals surface area contributed by atoms with Crippen LogP contribution in [-0.2, 0) is 14.1 Å². The summed E-state index contributed by atoms with van der Waals surface area (Å²) in [5.74, 6) is 0.618. The van der Waals surface area contributed by atoms with Gasteiger partial charge in [-0.15, -0.1) is 0 Å². The Morgan fingerprint density at radius 3 is 2.37 bits per heavy atom. The Hall–Kier alpha value is -1.98. The molecule has 0 radical (unpaired) electrons. The maximum atomic E-state index is 12.1. The van der Waals surface area contributed by atoms with E-state index in [0.717, 1.165) is 24.1 Å². The first kappa shape index (κ1) is 25.0. The summed E-state index contributed by atoms with van der Waals surface area (Å²) in [6.07, 6.45) is 13.1. The van der Waals surface area contributed by atoms with Crippen LogP contribution in [-0.4, -0.2) is 17.2 Å². The minimum Gasteiger partial charge on any atom is -1.00 e. The molecule has 7 heteroatoms. The first-order chi connectivity index (χ1) is 12.1. The lowest BCUT2D eigenvalue weighted by atomic mass is 9.84. The van der Waals surface area contributed by atoms with Crippen molar-refractivity contribution >= 4 is 12.0 Å². The molecule has 1 aliphatic rings. The molecule has 5 nitrogen and oxygen atoms in total. The van der Waals surface area contributed by atoms with Crippen LogP contribution in [0.1, 0.15) is 48.2 Å². The van der Waals surface area contributed by atoms with Crippen molar-refractivity contribution in [1.82, 2.24) is 0 Å². The van der Waals surface area contributed by atoms with Crippen molar-refractivity contribution in [3.8, 4) is 0 Å². The normalized spacial score (nSPS) is 13.7. The van der Waals surface area contributed by atoms with Crippen LogP contribution in [0.15, 0.2) is 54.1 Å². The molecule has 0 amide bonds. The first-order valence-electron chi connectivity index (χ1n) is 8.73. The van der Waals surface area contributed by atoms with E-state index in [4.69, 9.17) is 5.21 Å². The van der Waals surface area contributed by atoms with Crippen LogP contribution in [0.4, 0.5) is 0 Å². The molecule has 0 spiro atoms. The summed E-state index contributed by atoms with van der Waals surface area (Å²) in [6.45, 7) is 0. The lowest BCUT2D eigenvalue weighted by molar-refractivity contribution is -0.672. The van der Waals surface area contributed by atoms with Gasteiger partial charge in [-0.05, 0) is 25.0 Å². The average Bonchev–Trinajstić information content (AvgIpc) is 2.64. The molecule has 27 heavy (non-hydrogen) atoms. The Labute approximate surface area is 173 Å². The average molecular weight is 412 g/mol. The van der Waals surface area contributed by atoms with Crippen molar-refractivity contribution in [1.29, 1.82) is 0 Å². The zero-order chi connectivity index (χ0) is 18.1. The third-order valence-corrected chi connectivity index (χ3v) is 4.49. The van der Waals surface area contributed by atoms with Crippen LogP contribution < -0.4 is 33.9 Å². The van der Waals surface area contributed by atoms with Gasteiger partial charge in [0, 0.05) is 24.1 Å². The fourth-order valence-corrected chi connectivity index (χ4v) is 3.06. The molecular weight excluding hydrogens is 385 g/mol. The van der Waals surface area contributed by atoms with Gasteiger partial charge in [-0.1, -0.05) is 24.4 Å². The van der Waals surface area contributed by atoms with E-state index < -0.39 is 0 Å². The third-order valence-electron chi connectivity index (χ3n) is 4.49. The maximum absolute atomic E-state index is 12.1. The van der Waals surface area contributed by atoms with E-state index in [0.29, 0.717) is 5.78 Å². The summed E-state index contributed by atoms with van der Waals surface area (Å²) < 4.78 is 3.80. The number of nitrogens with zero attached hydrogens (tertiary/aromatic N) is 3. The number of aryl methyl sites for hydroxylation is 2. The molecule has 0 atom stereocenters. The van der Waals surface area contributed by atoms with E-state index in [9.17, 15) is 4.79 Å². The molecule has 2 heterocycles. The SMILES string of the molecule is C[n+]1cccc(C(=O)C2CCCCC2)c1.C[n+]1ccccc1C=NO.[Cl-].[Cl-]. The van der Waals surface area contributed by atoms with Crippen molar-refractivity contribution in [2.24, 2.45) is 25.2 Å². The number of halogens is 2. The molecule has 1 aliphatic carbocycles. The van der Waals surface area contributed by atoms with Gasteiger partial charge in [0.2, 0.25) is 5.69 Å². The molecule has 148 valence electrons. The van der Waals surface area contributed by atoms with Gasteiger partial charge in [-0.3, -0.25) is 4.79 Å². The molecule has 2 aromatic heterocycles. The monoisotopic (exact) mass is 411 g/mol. The number of carbonyl (C=O) groups is 1. The smallest absolute Gasteiger partial charge is 0.226 e. The molecule has 0 saturated heterocycles. The molecule has 2 aromatic rings. The number of rotatable bonds is 3. The third kappa shape index (κ3) is 8.06. The summed E-state index contributed by atoms with van der Waals surface area (Å²) >= 11 is 0. The Bertz CT molecular complexity index is 733. The van der Waals surface area contributed by atoms with E-state index in [1.807, 2.05) is 72.2 Å². The molecule has 1 fully saturated rings. The van der Waals surface area contributed by atoms with Crippen LogP contribution in [0.2, 0.25) is 0 Å². The summed E-state index contributed by atoms with van der Waals surface area (Å²) in [4.78, 5) is 12.1. The second kappa shape index (κ2) is 13.2. The Kier molecular flexibility index (Phi) is 12.3. The van der Waals surface area contributed by atoms with E-state index in [-0.39, 0.29) is 30.7 Å². The zero-order valence-corrected chi connectivity index (χ0v) is 17.3. The Morgan fingerprint density at radius 2 is 1.78 bits per heavy atom. The largest absolute Gasteiger partial charge is 1.00 e. The van der Waals surface area contributed by atoms with Crippen molar-refractivity contribution in [3.05, 3.63) is 60.2 Å².